The van der Waals surface area contributed by atoms with E-state index in [1.54, 1.807) is 6.92 Å². The van der Waals surface area contributed by atoms with Crippen molar-refractivity contribution in [3.05, 3.63) is 29.8 Å². The summed E-state index contributed by atoms with van der Waals surface area (Å²) in [6.45, 7) is 7.79. The third kappa shape index (κ3) is 4.85. The number of nitrogens with one attached hydrogen (secondary N) is 1. The van der Waals surface area contributed by atoms with Crippen molar-refractivity contribution in [1.29, 1.82) is 0 Å². The maximum atomic E-state index is 12.1. The van der Waals surface area contributed by atoms with Crippen LogP contribution in [0.2, 0.25) is 0 Å². The second kappa shape index (κ2) is 7.29. The van der Waals surface area contributed by atoms with E-state index in [1.807, 2.05) is 45.0 Å². The van der Waals surface area contributed by atoms with Crippen LogP contribution >= 0.6 is 0 Å². The smallest absolute Gasteiger partial charge is 0.261 e. The van der Waals surface area contributed by atoms with Crippen LogP contribution in [0.15, 0.2) is 24.3 Å². The highest BCUT2D eigenvalue weighted by atomic mass is 16.5. The zero-order valence-electron chi connectivity index (χ0n) is 12.8. The lowest BCUT2D eigenvalue weighted by atomic mass is 10.0. The number of rotatable bonds is 7. The first-order chi connectivity index (χ1) is 9.39. The molecule has 1 aromatic rings. The molecule has 0 aliphatic carbocycles. The number of amides is 1. The summed E-state index contributed by atoms with van der Waals surface area (Å²) in [4.78, 5) is 12.1. The van der Waals surface area contributed by atoms with Crippen LogP contribution in [0.1, 0.15) is 39.7 Å². The summed E-state index contributed by atoms with van der Waals surface area (Å²) in [6, 6.07) is 7.46. The van der Waals surface area contributed by atoms with Gasteiger partial charge in [0.2, 0.25) is 0 Å². The number of aliphatic hydroxyl groups excluding tert-OH is 1. The minimum atomic E-state index is -0.569. The zero-order chi connectivity index (χ0) is 15.2. The van der Waals surface area contributed by atoms with E-state index in [1.165, 1.54) is 0 Å². The lowest BCUT2D eigenvalue weighted by molar-refractivity contribution is -0.129. The number of benzene rings is 1. The molecule has 0 radical (unpaired) electrons. The molecular weight excluding hydrogens is 254 g/mol. The van der Waals surface area contributed by atoms with Crippen LogP contribution in [0.4, 0.5) is 0 Å². The van der Waals surface area contributed by atoms with Crippen molar-refractivity contribution >= 4 is 5.91 Å². The van der Waals surface area contributed by atoms with Gasteiger partial charge in [0, 0.05) is 12.1 Å². The Kier molecular flexibility index (Phi) is 6.02. The molecule has 20 heavy (non-hydrogen) atoms. The molecular formula is C16H25NO3. The molecule has 0 aliphatic heterocycles. The van der Waals surface area contributed by atoms with Crippen LogP contribution < -0.4 is 10.1 Å². The van der Waals surface area contributed by atoms with E-state index < -0.39 is 6.10 Å². The van der Waals surface area contributed by atoms with E-state index in [0.717, 1.165) is 12.0 Å². The van der Waals surface area contributed by atoms with Gasteiger partial charge < -0.3 is 15.2 Å². The van der Waals surface area contributed by atoms with Crippen molar-refractivity contribution < 1.29 is 14.6 Å². The first-order valence-electron chi connectivity index (χ1n) is 7.07. The summed E-state index contributed by atoms with van der Waals surface area (Å²) in [7, 11) is 0. The minimum absolute atomic E-state index is 0.0593. The summed E-state index contributed by atoms with van der Waals surface area (Å²) >= 11 is 0. The van der Waals surface area contributed by atoms with Gasteiger partial charge in [-0.05, 0) is 45.2 Å². The van der Waals surface area contributed by atoms with E-state index >= 15 is 0 Å². The fourth-order valence-electron chi connectivity index (χ4n) is 1.71. The van der Waals surface area contributed by atoms with E-state index in [-0.39, 0.29) is 18.1 Å². The van der Waals surface area contributed by atoms with Gasteiger partial charge in [0.15, 0.2) is 6.10 Å². The predicted octanol–water partition coefficient (Wildman–Crippen LogP) is 2.29. The Labute approximate surface area is 121 Å². The van der Waals surface area contributed by atoms with Gasteiger partial charge in [-0.25, -0.2) is 0 Å². The van der Waals surface area contributed by atoms with Crippen LogP contribution in [0.5, 0.6) is 5.75 Å². The highest BCUT2D eigenvalue weighted by Gasteiger charge is 2.23. The van der Waals surface area contributed by atoms with Crippen LogP contribution in [0.3, 0.4) is 0 Å². The van der Waals surface area contributed by atoms with Crippen molar-refractivity contribution in [2.45, 2.75) is 52.2 Å². The Bertz CT molecular complexity index is 443. The molecule has 112 valence electrons. The molecule has 0 aliphatic rings. The van der Waals surface area contributed by atoms with Gasteiger partial charge in [0.25, 0.3) is 5.91 Å². The van der Waals surface area contributed by atoms with Gasteiger partial charge in [-0.2, -0.15) is 0 Å². The highest BCUT2D eigenvalue weighted by molar-refractivity contribution is 5.81. The van der Waals surface area contributed by atoms with E-state index in [0.29, 0.717) is 12.2 Å². The second-order valence-corrected chi connectivity index (χ2v) is 5.57. The number of carbonyl (C=O) groups excluding carboxylic acids is 1. The lowest BCUT2D eigenvalue weighted by Crippen LogP contribution is -2.48. The first kappa shape index (κ1) is 16.5. The quantitative estimate of drug-likeness (QED) is 0.805. The van der Waals surface area contributed by atoms with Gasteiger partial charge in [0.1, 0.15) is 5.75 Å². The number of hydrogen-bond acceptors (Lipinski definition) is 3. The number of aliphatic hydroxyl groups is 1. The van der Waals surface area contributed by atoms with Crippen LogP contribution in [-0.2, 0) is 11.2 Å². The van der Waals surface area contributed by atoms with Crippen molar-refractivity contribution in [2.24, 2.45) is 0 Å². The SMILES string of the molecule is CCC(C)(C)NC(=O)C(C)Oc1ccccc1CCO. The Morgan fingerprint density at radius 3 is 2.65 bits per heavy atom. The monoisotopic (exact) mass is 279 g/mol. The van der Waals surface area contributed by atoms with Gasteiger partial charge in [0.05, 0.1) is 0 Å². The molecule has 0 saturated heterocycles. The highest BCUT2D eigenvalue weighted by Crippen LogP contribution is 2.20. The Hall–Kier alpha value is -1.55. The van der Waals surface area contributed by atoms with Crippen LogP contribution in [0, 0.1) is 0 Å². The standard InChI is InChI=1S/C16H25NO3/c1-5-16(3,4)17-15(19)12(2)20-14-9-7-6-8-13(14)10-11-18/h6-9,12,18H,5,10-11H2,1-4H3,(H,17,19). The molecule has 1 unspecified atom stereocenters. The molecule has 0 fully saturated rings. The maximum Gasteiger partial charge on any atom is 0.261 e. The maximum absolute atomic E-state index is 12.1. The summed E-state index contributed by atoms with van der Waals surface area (Å²) in [5, 5.41) is 12.0. The van der Waals surface area contributed by atoms with Gasteiger partial charge in [-0.15, -0.1) is 0 Å². The molecule has 0 bridgehead atoms. The second-order valence-electron chi connectivity index (χ2n) is 5.57. The lowest BCUT2D eigenvalue weighted by Gasteiger charge is -2.27. The normalized spacial score (nSPS) is 12.8. The molecule has 1 atom stereocenters. The molecule has 0 saturated carbocycles. The zero-order valence-corrected chi connectivity index (χ0v) is 12.8. The van der Waals surface area contributed by atoms with E-state index in [2.05, 4.69) is 5.32 Å². The van der Waals surface area contributed by atoms with E-state index in [9.17, 15) is 4.79 Å². The minimum Gasteiger partial charge on any atom is -0.481 e. The molecule has 1 aromatic carbocycles. The summed E-state index contributed by atoms with van der Waals surface area (Å²) < 4.78 is 5.73. The Morgan fingerprint density at radius 1 is 1.40 bits per heavy atom. The Balaban J connectivity index is 2.70. The van der Waals surface area contributed by atoms with Crippen molar-refractivity contribution in [3.63, 3.8) is 0 Å². The summed E-state index contributed by atoms with van der Waals surface area (Å²) in [5.41, 5.74) is 0.670. The average molecular weight is 279 g/mol. The number of para-hydroxylation sites is 1. The fourth-order valence-corrected chi connectivity index (χ4v) is 1.71. The first-order valence-corrected chi connectivity index (χ1v) is 7.07. The molecule has 4 heteroatoms. The molecule has 2 N–H and O–H groups in total. The Morgan fingerprint density at radius 2 is 2.05 bits per heavy atom. The fraction of sp³-hybridized carbons (Fsp3) is 0.562. The largest absolute Gasteiger partial charge is 0.481 e. The number of carbonyl (C=O) groups is 1. The third-order valence-electron chi connectivity index (χ3n) is 3.37. The third-order valence-corrected chi connectivity index (χ3v) is 3.37. The van der Waals surface area contributed by atoms with Crippen LogP contribution in [0.25, 0.3) is 0 Å². The molecule has 0 heterocycles. The van der Waals surface area contributed by atoms with Crippen molar-refractivity contribution in [3.8, 4) is 5.75 Å². The van der Waals surface area contributed by atoms with Crippen molar-refractivity contribution in [1.82, 2.24) is 5.32 Å². The van der Waals surface area contributed by atoms with Gasteiger partial charge in [-0.3, -0.25) is 4.79 Å². The summed E-state index contributed by atoms with van der Waals surface area (Å²) in [5.74, 6) is 0.522. The average Bonchev–Trinajstić information content (AvgIpc) is 2.40. The van der Waals surface area contributed by atoms with Gasteiger partial charge >= 0.3 is 0 Å². The molecule has 4 nitrogen and oxygen atoms in total. The van der Waals surface area contributed by atoms with Gasteiger partial charge in [-0.1, -0.05) is 25.1 Å². The molecule has 0 spiro atoms. The molecule has 1 amide bonds. The van der Waals surface area contributed by atoms with Crippen LogP contribution in [-0.4, -0.2) is 29.3 Å². The molecule has 1 rings (SSSR count). The predicted molar refractivity (Wildman–Crippen MR) is 79.8 cm³/mol. The summed E-state index contributed by atoms with van der Waals surface area (Å²) in [6.07, 6.45) is 0.804. The topological polar surface area (TPSA) is 58.6 Å². The molecule has 0 aromatic heterocycles. The van der Waals surface area contributed by atoms with Crippen molar-refractivity contribution in [2.75, 3.05) is 6.61 Å². The van der Waals surface area contributed by atoms with E-state index in [4.69, 9.17) is 9.84 Å². The number of ether oxygens (including phenoxy) is 1. The number of hydrogen-bond donors (Lipinski definition) is 2.